The van der Waals surface area contributed by atoms with Gasteiger partial charge in [-0.15, -0.1) is 0 Å². The van der Waals surface area contributed by atoms with E-state index in [1.54, 1.807) is 43.3 Å². The van der Waals surface area contributed by atoms with Crippen molar-refractivity contribution in [2.45, 2.75) is 56.9 Å². The molecule has 0 aliphatic carbocycles. The lowest BCUT2D eigenvalue weighted by molar-refractivity contribution is -0.137. The highest BCUT2D eigenvalue weighted by Crippen LogP contribution is 2.48. The quantitative estimate of drug-likeness (QED) is 0.185. The number of ether oxygens (including phenoxy) is 1. The molecule has 2 atom stereocenters. The number of carbonyl (C=O) groups is 1. The topological polar surface area (TPSA) is 91.7 Å². The number of rotatable bonds is 7. The highest BCUT2D eigenvalue weighted by atomic mass is 35.5. The molecule has 236 valence electrons. The number of pyridine rings is 1. The van der Waals surface area contributed by atoms with Crippen molar-refractivity contribution in [1.82, 2.24) is 10.3 Å². The van der Waals surface area contributed by atoms with Gasteiger partial charge in [0.05, 0.1) is 27.4 Å². The van der Waals surface area contributed by atoms with Crippen LogP contribution in [0.15, 0.2) is 72.8 Å². The number of fused-ring (bicyclic) bond motifs is 1. The minimum Gasteiger partial charge on any atom is -0.507 e. The normalized spacial score (nSPS) is 17.1. The van der Waals surface area contributed by atoms with Gasteiger partial charge in [0.15, 0.2) is 0 Å². The Hall–Kier alpha value is -3.79. The van der Waals surface area contributed by atoms with Crippen LogP contribution < -0.4 is 10.1 Å². The number of aromatic hydroxyl groups is 1. The average Bonchev–Trinajstić information content (AvgIpc) is 2.95. The summed E-state index contributed by atoms with van der Waals surface area (Å²) in [6.45, 7) is 5.22. The number of carbonyl (C=O) groups excluding carboxylic acids is 1. The summed E-state index contributed by atoms with van der Waals surface area (Å²) in [5.41, 5.74) is -0.829. The van der Waals surface area contributed by atoms with Gasteiger partial charge in [0.2, 0.25) is 5.88 Å². The maximum atomic E-state index is 13.7. The van der Waals surface area contributed by atoms with Crippen molar-refractivity contribution in [2.75, 3.05) is 6.54 Å². The lowest BCUT2D eigenvalue weighted by atomic mass is 9.78. The minimum absolute atomic E-state index is 0.0837. The Labute approximate surface area is 268 Å². The van der Waals surface area contributed by atoms with Crippen molar-refractivity contribution in [3.05, 3.63) is 99.5 Å². The number of amides is 1. The van der Waals surface area contributed by atoms with E-state index in [1.165, 1.54) is 18.2 Å². The Bertz CT molecular complexity index is 1740. The number of hydrogen-bond donors (Lipinski definition) is 3. The standard InChI is InChI=1S/C34H31Cl2F3N2O4/c1-32(2)16-20(17-33(3,44)18-40-30(43)23-6-4-5-7-28(23)42)25-15-24(19-8-11-22(35)12-9-19)29(41-31(25)45-32)26-14-21(34(37,38)39)10-13-27(26)36/h4-15,20,42,44H,16-18H2,1-3H3,(H,40,43). The van der Waals surface area contributed by atoms with Gasteiger partial charge in [-0.2, -0.15) is 13.2 Å². The number of alkyl halides is 3. The van der Waals surface area contributed by atoms with Crippen LogP contribution in [0.25, 0.3) is 22.4 Å². The van der Waals surface area contributed by atoms with E-state index in [1.807, 2.05) is 19.9 Å². The van der Waals surface area contributed by atoms with Gasteiger partial charge >= 0.3 is 6.18 Å². The minimum atomic E-state index is -4.60. The summed E-state index contributed by atoms with van der Waals surface area (Å²) in [7, 11) is 0. The third-order valence-electron chi connectivity index (χ3n) is 7.73. The van der Waals surface area contributed by atoms with E-state index >= 15 is 0 Å². The number of halogens is 5. The molecule has 0 saturated carbocycles. The Balaban J connectivity index is 1.56. The number of nitrogens with zero attached hydrogens (tertiary/aromatic N) is 1. The first kappa shape index (κ1) is 32.6. The van der Waals surface area contributed by atoms with E-state index < -0.39 is 28.8 Å². The van der Waals surface area contributed by atoms with E-state index in [9.17, 15) is 28.2 Å². The van der Waals surface area contributed by atoms with E-state index in [0.717, 1.165) is 12.1 Å². The number of hydrogen-bond acceptors (Lipinski definition) is 5. The van der Waals surface area contributed by atoms with Gasteiger partial charge in [0.25, 0.3) is 5.91 Å². The Morgan fingerprint density at radius 1 is 1.04 bits per heavy atom. The van der Waals surface area contributed by atoms with Crippen molar-refractivity contribution >= 4 is 29.1 Å². The number of aliphatic hydroxyl groups is 1. The molecular formula is C34H31Cl2F3N2O4. The number of phenols is 1. The van der Waals surface area contributed by atoms with E-state index in [0.29, 0.717) is 28.1 Å². The summed E-state index contributed by atoms with van der Waals surface area (Å²) in [6.07, 6.45) is -3.92. The SMILES string of the molecule is CC(O)(CNC(=O)c1ccccc1O)CC1CC(C)(C)Oc2nc(-c3cc(C(F)(F)F)ccc3Cl)c(-c3ccc(Cl)cc3)cc21. The largest absolute Gasteiger partial charge is 0.507 e. The second-order valence-corrected chi connectivity index (χ2v) is 13.0. The molecule has 0 saturated heterocycles. The fourth-order valence-corrected chi connectivity index (χ4v) is 5.98. The van der Waals surface area contributed by atoms with Gasteiger partial charge in [-0.05, 0) is 93.6 Å². The molecule has 4 aromatic rings. The van der Waals surface area contributed by atoms with Gasteiger partial charge in [0.1, 0.15) is 11.4 Å². The van der Waals surface area contributed by atoms with Crippen LogP contribution in [0.4, 0.5) is 13.2 Å². The molecule has 3 aromatic carbocycles. The van der Waals surface area contributed by atoms with Gasteiger partial charge in [-0.25, -0.2) is 4.98 Å². The molecule has 2 unspecified atom stereocenters. The number of nitrogens with one attached hydrogen (secondary N) is 1. The summed E-state index contributed by atoms with van der Waals surface area (Å²) in [4.78, 5) is 17.5. The van der Waals surface area contributed by atoms with Gasteiger partial charge in [-0.3, -0.25) is 4.79 Å². The molecule has 5 rings (SSSR count). The van der Waals surface area contributed by atoms with Crippen LogP contribution in [0, 0.1) is 0 Å². The summed E-state index contributed by atoms with van der Waals surface area (Å²) in [5.74, 6) is -0.806. The molecule has 1 amide bonds. The number of para-hydroxylation sites is 1. The van der Waals surface area contributed by atoms with Gasteiger partial charge < -0.3 is 20.3 Å². The van der Waals surface area contributed by atoms with Crippen molar-refractivity contribution < 1.29 is 32.9 Å². The van der Waals surface area contributed by atoms with Crippen molar-refractivity contribution in [3.63, 3.8) is 0 Å². The highest BCUT2D eigenvalue weighted by Gasteiger charge is 2.40. The molecule has 45 heavy (non-hydrogen) atoms. The lowest BCUT2D eigenvalue weighted by Crippen LogP contribution is -2.44. The number of benzene rings is 3. The Kier molecular flexibility index (Phi) is 8.83. The average molecular weight is 660 g/mol. The molecule has 2 heterocycles. The molecule has 0 radical (unpaired) electrons. The molecule has 1 aliphatic heterocycles. The van der Waals surface area contributed by atoms with Crippen LogP contribution in [0.5, 0.6) is 11.6 Å². The van der Waals surface area contributed by atoms with Crippen molar-refractivity contribution in [1.29, 1.82) is 0 Å². The monoisotopic (exact) mass is 658 g/mol. The number of aromatic nitrogens is 1. The van der Waals surface area contributed by atoms with Crippen LogP contribution in [-0.4, -0.2) is 38.9 Å². The van der Waals surface area contributed by atoms with E-state index in [-0.39, 0.29) is 52.4 Å². The van der Waals surface area contributed by atoms with Crippen molar-refractivity contribution in [2.24, 2.45) is 0 Å². The van der Waals surface area contributed by atoms with E-state index in [4.69, 9.17) is 32.9 Å². The third-order valence-corrected chi connectivity index (χ3v) is 8.32. The first-order valence-corrected chi connectivity index (χ1v) is 14.9. The zero-order valence-corrected chi connectivity index (χ0v) is 26.2. The molecule has 0 fully saturated rings. The summed E-state index contributed by atoms with van der Waals surface area (Å²) < 4.78 is 47.5. The first-order valence-electron chi connectivity index (χ1n) is 14.2. The molecule has 0 spiro atoms. The second-order valence-electron chi connectivity index (χ2n) is 12.1. The van der Waals surface area contributed by atoms with Crippen LogP contribution in [0.2, 0.25) is 10.0 Å². The summed E-state index contributed by atoms with van der Waals surface area (Å²) in [6, 6.07) is 17.8. The molecule has 0 bridgehead atoms. The predicted octanol–water partition coefficient (Wildman–Crippen LogP) is 8.66. The van der Waals surface area contributed by atoms with Gasteiger partial charge in [0, 0.05) is 28.3 Å². The molecule has 1 aliphatic rings. The highest BCUT2D eigenvalue weighted by molar-refractivity contribution is 6.33. The Morgan fingerprint density at radius 3 is 2.40 bits per heavy atom. The van der Waals surface area contributed by atoms with Crippen molar-refractivity contribution in [3.8, 4) is 34.0 Å². The Morgan fingerprint density at radius 2 is 1.73 bits per heavy atom. The van der Waals surface area contributed by atoms with E-state index in [2.05, 4.69) is 5.32 Å². The second kappa shape index (κ2) is 12.2. The van der Waals surface area contributed by atoms with Crippen LogP contribution >= 0.6 is 23.2 Å². The fraction of sp³-hybridized carbons (Fsp3) is 0.294. The molecule has 11 heteroatoms. The third kappa shape index (κ3) is 7.38. The predicted molar refractivity (Wildman–Crippen MR) is 168 cm³/mol. The maximum Gasteiger partial charge on any atom is 0.416 e. The lowest BCUT2D eigenvalue weighted by Gasteiger charge is -2.40. The summed E-state index contributed by atoms with van der Waals surface area (Å²) in [5, 5.41) is 24.7. The smallest absolute Gasteiger partial charge is 0.416 e. The van der Waals surface area contributed by atoms with Crippen LogP contribution in [0.3, 0.4) is 0 Å². The maximum absolute atomic E-state index is 13.7. The number of phenolic OH excluding ortho intramolecular Hbond substituents is 1. The van der Waals surface area contributed by atoms with Gasteiger partial charge in [-0.1, -0.05) is 47.5 Å². The molecular weight excluding hydrogens is 628 g/mol. The molecule has 6 nitrogen and oxygen atoms in total. The summed E-state index contributed by atoms with van der Waals surface area (Å²) >= 11 is 12.6. The van der Waals surface area contributed by atoms with Crippen LogP contribution in [0.1, 0.15) is 61.0 Å². The molecule has 3 N–H and O–H groups in total. The fourth-order valence-electron chi connectivity index (χ4n) is 5.65. The zero-order chi connectivity index (χ0) is 32.7. The first-order chi connectivity index (χ1) is 21.0. The molecule has 1 aromatic heterocycles. The zero-order valence-electron chi connectivity index (χ0n) is 24.7. The van der Waals surface area contributed by atoms with Crippen LogP contribution in [-0.2, 0) is 6.18 Å².